The first-order valence-electron chi connectivity index (χ1n) is 12.6. The minimum Gasteiger partial charge on any atom is -0.492 e. The molecule has 4 fully saturated rings. The number of nitrogens with zero attached hydrogens (tertiary/aromatic N) is 1. The number of nitrogens with one attached hydrogen (secondary N) is 2. The van der Waals surface area contributed by atoms with E-state index in [9.17, 15) is 9.59 Å². The van der Waals surface area contributed by atoms with Crippen LogP contribution in [0.1, 0.15) is 63.4 Å². The Labute approximate surface area is 207 Å². The number of rotatable bonds is 7. The Kier molecular flexibility index (Phi) is 7.40. The average Bonchev–Trinajstić information content (AvgIpc) is 2.76. The number of halogens is 1. The van der Waals surface area contributed by atoms with Crippen molar-refractivity contribution >= 4 is 18.1 Å². The van der Waals surface area contributed by atoms with E-state index in [1.54, 1.807) is 6.07 Å². The summed E-state index contributed by atoms with van der Waals surface area (Å²) in [6.07, 6.45) is 8.09. The Morgan fingerprint density at radius 1 is 1.31 bits per heavy atom. The number of carbonyl (C=O) groups is 2. The lowest BCUT2D eigenvalue weighted by molar-refractivity contribution is -0.134. The van der Waals surface area contributed by atoms with E-state index >= 15 is 4.39 Å². The molecule has 5 rings (SSSR count). The molecule has 7 nitrogen and oxygen atoms in total. The van der Waals surface area contributed by atoms with Crippen molar-refractivity contribution in [1.29, 1.82) is 0 Å². The highest BCUT2D eigenvalue weighted by molar-refractivity contribution is 5.86. The lowest BCUT2D eigenvalue weighted by Crippen LogP contribution is -2.66. The van der Waals surface area contributed by atoms with Crippen LogP contribution in [0.25, 0.3) is 0 Å². The maximum Gasteiger partial charge on any atom is 0.293 e. The fraction of sp³-hybridized carbons (Fsp3) is 0.630. The highest BCUT2D eigenvalue weighted by Gasteiger charge is 2.48. The summed E-state index contributed by atoms with van der Waals surface area (Å²) in [5.41, 5.74) is 2.55. The number of likely N-dealkylation sites (N-methyl/N-ethyl adjacent to an activating group) is 1. The Morgan fingerprint density at radius 3 is 2.57 bits per heavy atom. The van der Waals surface area contributed by atoms with Crippen molar-refractivity contribution in [3.8, 4) is 5.75 Å². The van der Waals surface area contributed by atoms with Gasteiger partial charge in [-0.05, 0) is 69.9 Å². The molecule has 4 aliphatic rings. The van der Waals surface area contributed by atoms with E-state index in [0.29, 0.717) is 43.1 Å². The van der Waals surface area contributed by atoms with Crippen LogP contribution in [0.15, 0.2) is 24.4 Å². The number of benzene rings is 1. The summed E-state index contributed by atoms with van der Waals surface area (Å²) in [7, 11) is 3.39. The van der Waals surface area contributed by atoms with Gasteiger partial charge < -0.3 is 25.0 Å². The predicted octanol–water partition coefficient (Wildman–Crippen LogP) is 3.88. The molecule has 1 unspecified atom stereocenters. The van der Waals surface area contributed by atoms with E-state index in [-0.39, 0.29) is 17.2 Å². The van der Waals surface area contributed by atoms with Gasteiger partial charge in [0.2, 0.25) is 5.91 Å². The minimum absolute atomic E-state index is 0.0315. The molecule has 8 heteroatoms. The topological polar surface area (TPSA) is 79.9 Å². The number of amides is 1. The van der Waals surface area contributed by atoms with Gasteiger partial charge in [-0.25, -0.2) is 4.39 Å². The van der Waals surface area contributed by atoms with E-state index in [1.807, 2.05) is 13.1 Å². The number of methoxy groups -OCH3 is 1. The summed E-state index contributed by atoms with van der Waals surface area (Å²) in [6.45, 7) is 8.67. The third-order valence-electron chi connectivity index (χ3n) is 8.32. The van der Waals surface area contributed by atoms with Crippen molar-refractivity contribution in [2.75, 3.05) is 38.8 Å². The molecule has 0 radical (unpaired) electrons. The van der Waals surface area contributed by atoms with Crippen molar-refractivity contribution in [2.24, 2.45) is 11.3 Å². The Hall–Kier alpha value is -2.61. The van der Waals surface area contributed by atoms with Crippen molar-refractivity contribution in [2.45, 2.75) is 63.3 Å². The minimum atomic E-state index is -0.502. The average molecular weight is 488 g/mol. The van der Waals surface area contributed by atoms with Gasteiger partial charge in [0.1, 0.15) is 0 Å². The molecule has 35 heavy (non-hydrogen) atoms. The molecular formula is C27H38FN3O4. The van der Waals surface area contributed by atoms with Crippen molar-refractivity contribution in [3.05, 3.63) is 35.8 Å². The van der Waals surface area contributed by atoms with E-state index < -0.39 is 11.7 Å². The summed E-state index contributed by atoms with van der Waals surface area (Å²) in [5, 5.41) is 5.98. The SMILES string of the molecule is C=C1CCC(c2ccc(N3CC(C)(NC)C3)c(OC)c2F)C(=O)N1.O=COCC1CC2(CCC2)C1. The van der Waals surface area contributed by atoms with Gasteiger partial charge in [0.25, 0.3) is 6.47 Å². The highest BCUT2D eigenvalue weighted by atomic mass is 19.1. The number of carbonyl (C=O) groups excluding carboxylic acids is 2. The molecule has 1 atom stereocenters. The van der Waals surface area contributed by atoms with Crippen LogP contribution >= 0.6 is 0 Å². The molecule has 1 spiro atoms. The maximum atomic E-state index is 15.0. The lowest BCUT2D eigenvalue weighted by Gasteiger charge is -2.54. The molecule has 1 aromatic rings. The number of hydrogen-bond acceptors (Lipinski definition) is 6. The molecule has 2 saturated heterocycles. The van der Waals surface area contributed by atoms with Gasteiger partial charge in [-0.15, -0.1) is 0 Å². The molecule has 1 aromatic carbocycles. The molecule has 2 saturated carbocycles. The summed E-state index contributed by atoms with van der Waals surface area (Å²) in [5.74, 6) is -0.256. The second kappa shape index (κ2) is 10.2. The molecule has 2 aliphatic heterocycles. The number of hydrogen-bond donors (Lipinski definition) is 2. The van der Waals surface area contributed by atoms with Crippen molar-refractivity contribution < 1.29 is 23.5 Å². The van der Waals surface area contributed by atoms with Gasteiger partial charge in [0, 0.05) is 24.4 Å². The van der Waals surface area contributed by atoms with Crippen LogP contribution in [-0.4, -0.2) is 51.8 Å². The van der Waals surface area contributed by atoms with Crippen molar-refractivity contribution in [3.63, 3.8) is 0 Å². The van der Waals surface area contributed by atoms with Crippen LogP contribution < -0.4 is 20.3 Å². The third-order valence-corrected chi connectivity index (χ3v) is 8.32. The normalized spacial score (nSPS) is 24.2. The largest absolute Gasteiger partial charge is 0.492 e. The van der Waals surface area contributed by atoms with Gasteiger partial charge in [0.15, 0.2) is 11.6 Å². The third kappa shape index (κ3) is 5.17. The molecule has 0 aromatic heterocycles. The van der Waals surface area contributed by atoms with Crippen LogP contribution in [0.5, 0.6) is 5.75 Å². The van der Waals surface area contributed by atoms with E-state index in [4.69, 9.17) is 9.47 Å². The van der Waals surface area contributed by atoms with Gasteiger partial charge >= 0.3 is 0 Å². The van der Waals surface area contributed by atoms with E-state index in [2.05, 4.69) is 29.0 Å². The van der Waals surface area contributed by atoms with Crippen molar-refractivity contribution in [1.82, 2.24) is 10.6 Å². The van der Waals surface area contributed by atoms with Gasteiger partial charge in [-0.1, -0.05) is 19.1 Å². The van der Waals surface area contributed by atoms with Gasteiger partial charge in [-0.2, -0.15) is 0 Å². The number of anilines is 1. The van der Waals surface area contributed by atoms with E-state index in [0.717, 1.165) is 24.2 Å². The highest BCUT2D eigenvalue weighted by Crippen LogP contribution is 2.58. The second-order valence-corrected chi connectivity index (χ2v) is 10.9. The van der Waals surface area contributed by atoms with Gasteiger partial charge in [-0.3, -0.25) is 9.59 Å². The first kappa shape index (κ1) is 25.5. The second-order valence-electron chi connectivity index (χ2n) is 10.9. The first-order valence-corrected chi connectivity index (χ1v) is 12.6. The quantitative estimate of drug-likeness (QED) is 0.569. The van der Waals surface area contributed by atoms with Crippen LogP contribution in [0.2, 0.25) is 0 Å². The Bertz CT molecular complexity index is 963. The number of allylic oxidation sites excluding steroid dienone is 1. The first-order chi connectivity index (χ1) is 16.7. The lowest BCUT2D eigenvalue weighted by atomic mass is 9.52. The van der Waals surface area contributed by atoms with Gasteiger partial charge in [0.05, 0.1) is 30.9 Å². The standard InChI is InChI=1S/C18H24FN3O2.C9H14O2/c1-11-5-6-13(17(23)21-11)12-7-8-14(16(24-4)15(12)19)22-9-18(2,10-22)20-3;10-7-11-6-8-4-9(5-8)2-1-3-9/h7-8,13,20H,1,5-6,9-10H2,2-4H3,(H,21,23);7-8H,1-6H2. The molecule has 2 heterocycles. The monoisotopic (exact) mass is 487 g/mol. The van der Waals surface area contributed by atoms with Crippen LogP contribution in [0, 0.1) is 17.2 Å². The zero-order chi connectivity index (χ0) is 25.2. The number of piperidine rings is 1. The molecule has 1 amide bonds. The molecule has 192 valence electrons. The molecule has 0 bridgehead atoms. The zero-order valence-corrected chi connectivity index (χ0v) is 21.1. The Balaban J connectivity index is 0.000000218. The van der Waals surface area contributed by atoms with Crippen LogP contribution in [0.4, 0.5) is 10.1 Å². The summed E-state index contributed by atoms with van der Waals surface area (Å²) >= 11 is 0. The molecule has 2 N–H and O–H groups in total. The van der Waals surface area contributed by atoms with Crippen LogP contribution in [0.3, 0.4) is 0 Å². The summed E-state index contributed by atoms with van der Waals surface area (Å²) < 4.78 is 25.1. The summed E-state index contributed by atoms with van der Waals surface area (Å²) in [6, 6.07) is 3.56. The molecular weight excluding hydrogens is 449 g/mol. The summed E-state index contributed by atoms with van der Waals surface area (Å²) in [4.78, 5) is 24.1. The predicted molar refractivity (Wildman–Crippen MR) is 133 cm³/mol. The smallest absolute Gasteiger partial charge is 0.293 e. The fourth-order valence-corrected chi connectivity index (χ4v) is 6.01. The maximum absolute atomic E-state index is 15.0. The Morgan fingerprint density at radius 2 is 2.03 bits per heavy atom. The van der Waals surface area contributed by atoms with Crippen LogP contribution in [-0.2, 0) is 14.3 Å². The number of ether oxygens (including phenoxy) is 2. The van der Waals surface area contributed by atoms with E-state index in [1.165, 1.54) is 39.2 Å². The zero-order valence-electron chi connectivity index (χ0n) is 21.1. The molecule has 2 aliphatic carbocycles. The fourth-order valence-electron chi connectivity index (χ4n) is 6.01.